The van der Waals surface area contributed by atoms with E-state index < -0.39 is 35.5 Å². The molecule has 2 aromatic rings. The Morgan fingerprint density at radius 1 is 0.855 bits per heavy atom. The van der Waals surface area contributed by atoms with Crippen molar-refractivity contribution in [2.45, 2.75) is 108 Å². The molecule has 0 radical (unpaired) electrons. The molecule has 4 heterocycles. The fourth-order valence-corrected chi connectivity index (χ4v) is 9.10. The molecule has 1 atom stereocenters. The van der Waals surface area contributed by atoms with Crippen molar-refractivity contribution in [2.75, 3.05) is 76.6 Å². The molecule has 5 amide bonds. The Hall–Kier alpha value is -4.77. The highest BCUT2D eigenvalue weighted by atomic mass is 35.5. The number of nitrogen functional groups attached to an aromatic ring is 1. The number of anilines is 2. The van der Waals surface area contributed by atoms with Crippen LogP contribution in [0.15, 0.2) is 36.4 Å². The van der Waals surface area contributed by atoms with E-state index in [2.05, 4.69) is 17.1 Å². The molecule has 6 rings (SSSR count). The maximum absolute atomic E-state index is 14.2. The van der Waals surface area contributed by atoms with Crippen molar-refractivity contribution < 1.29 is 46.6 Å². The number of para-hydroxylation sites is 1. The third-order valence-corrected chi connectivity index (χ3v) is 12.8. The van der Waals surface area contributed by atoms with Crippen LogP contribution in [0, 0.1) is 0 Å². The van der Waals surface area contributed by atoms with Crippen molar-refractivity contribution in [3.63, 3.8) is 0 Å². The van der Waals surface area contributed by atoms with Crippen LogP contribution in [0.4, 0.5) is 34.1 Å². The SMILES string of the molecule is CCCCCCOC(=O)CCC(=O)N1CCC(N2CCN(C(=O)[C@@H](Cc3cc(Cl)c(N)c(C(F)(F)F)c3)OC(=O)N3CCC(N4CCc5ccccc5NC4=O)CC3)CC2)CC1. The number of nitrogens with one attached hydrogen (secondary N) is 1. The lowest BCUT2D eigenvalue weighted by Crippen LogP contribution is -2.57. The molecule has 0 aliphatic carbocycles. The number of piperazine rings is 1. The minimum Gasteiger partial charge on any atom is -0.466 e. The second kappa shape index (κ2) is 21.5. The number of urea groups is 1. The lowest BCUT2D eigenvalue weighted by Gasteiger charge is -2.43. The van der Waals surface area contributed by atoms with Crippen LogP contribution < -0.4 is 11.1 Å². The molecular formula is C44H59ClF3N7O7. The summed E-state index contributed by atoms with van der Waals surface area (Å²) in [7, 11) is 0. The van der Waals surface area contributed by atoms with E-state index in [1.807, 2.05) is 24.3 Å². The summed E-state index contributed by atoms with van der Waals surface area (Å²) in [6.07, 6.45) is -0.111. The Balaban J connectivity index is 1.02. The number of nitrogens with two attached hydrogens (primary N) is 1. The average Bonchev–Trinajstić information content (AvgIpc) is 3.43. The molecule has 4 aliphatic rings. The third kappa shape index (κ3) is 12.2. The fraction of sp³-hybridized carbons (Fsp3) is 0.614. The summed E-state index contributed by atoms with van der Waals surface area (Å²) < 4.78 is 53.0. The number of unbranched alkanes of at least 4 members (excludes halogenated alkanes) is 3. The average molecular weight is 890 g/mol. The molecule has 0 spiro atoms. The lowest BCUT2D eigenvalue weighted by molar-refractivity contribution is -0.146. The number of benzene rings is 2. The summed E-state index contributed by atoms with van der Waals surface area (Å²) in [5, 5.41) is 2.65. The molecule has 0 bridgehead atoms. The molecule has 2 aromatic carbocycles. The van der Waals surface area contributed by atoms with Crippen molar-refractivity contribution in [1.29, 1.82) is 0 Å². The number of rotatable bonds is 14. The van der Waals surface area contributed by atoms with Gasteiger partial charge in [-0.2, -0.15) is 13.2 Å². The van der Waals surface area contributed by atoms with E-state index in [4.69, 9.17) is 26.8 Å². The van der Waals surface area contributed by atoms with Crippen LogP contribution in [0.1, 0.15) is 87.8 Å². The van der Waals surface area contributed by atoms with Crippen molar-refractivity contribution in [3.8, 4) is 0 Å². The molecule has 3 fully saturated rings. The zero-order valence-corrected chi connectivity index (χ0v) is 36.2. The summed E-state index contributed by atoms with van der Waals surface area (Å²) in [6.45, 7) is 6.25. The minimum absolute atomic E-state index is 0.0359. The van der Waals surface area contributed by atoms with Crippen molar-refractivity contribution in [3.05, 3.63) is 58.1 Å². The highest BCUT2D eigenvalue weighted by Gasteiger charge is 2.38. The predicted molar refractivity (Wildman–Crippen MR) is 227 cm³/mol. The van der Waals surface area contributed by atoms with Gasteiger partial charge in [-0.1, -0.05) is 56.0 Å². The van der Waals surface area contributed by atoms with Gasteiger partial charge in [0, 0.05) is 89.5 Å². The van der Waals surface area contributed by atoms with Crippen LogP contribution in [-0.4, -0.2) is 138 Å². The van der Waals surface area contributed by atoms with E-state index in [1.165, 1.54) is 11.0 Å². The van der Waals surface area contributed by atoms with Gasteiger partial charge in [0.15, 0.2) is 6.10 Å². The zero-order chi connectivity index (χ0) is 44.4. The molecule has 62 heavy (non-hydrogen) atoms. The number of amides is 5. The van der Waals surface area contributed by atoms with Gasteiger partial charge in [0.2, 0.25) is 5.91 Å². The van der Waals surface area contributed by atoms with Gasteiger partial charge in [0.05, 0.1) is 29.3 Å². The number of fused-ring (bicyclic) bond motifs is 1. The van der Waals surface area contributed by atoms with E-state index in [0.717, 1.165) is 55.8 Å². The number of piperidine rings is 2. The third-order valence-electron chi connectivity index (χ3n) is 12.5. The number of halogens is 4. The molecule has 0 unspecified atom stereocenters. The Kier molecular flexibility index (Phi) is 16.2. The molecule has 14 nitrogen and oxygen atoms in total. The molecule has 0 aromatic heterocycles. The smallest absolute Gasteiger partial charge is 0.418 e. The van der Waals surface area contributed by atoms with Crippen LogP contribution in [0.25, 0.3) is 0 Å². The number of ether oxygens (including phenoxy) is 2. The Labute approximate surface area is 366 Å². The summed E-state index contributed by atoms with van der Waals surface area (Å²) in [6, 6.07) is 9.57. The Morgan fingerprint density at radius 2 is 1.53 bits per heavy atom. The number of hydrogen-bond donors (Lipinski definition) is 2. The first-order chi connectivity index (χ1) is 29.7. The van der Waals surface area contributed by atoms with Crippen LogP contribution in [-0.2, 0) is 42.9 Å². The van der Waals surface area contributed by atoms with Crippen molar-refractivity contribution in [1.82, 2.24) is 24.5 Å². The molecular weight excluding hydrogens is 831 g/mol. The van der Waals surface area contributed by atoms with Gasteiger partial charge in [-0.05, 0) is 67.9 Å². The molecule has 3 saturated heterocycles. The first kappa shape index (κ1) is 46.7. The summed E-state index contributed by atoms with van der Waals surface area (Å²) >= 11 is 6.15. The normalized spacial score (nSPS) is 18.8. The van der Waals surface area contributed by atoms with Crippen LogP contribution in [0.5, 0.6) is 0 Å². The monoisotopic (exact) mass is 889 g/mol. The van der Waals surface area contributed by atoms with E-state index >= 15 is 0 Å². The topological polar surface area (TPSA) is 158 Å². The summed E-state index contributed by atoms with van der Waals surface area (Å²) in [5.74, 6) is -0.966. The molecule has 18 heteroatoms. The van der Waals surface area contributed by atoms with E-state index in [9.17, 15) is 37.1 Å². The van der Waals surface area contributed by atoms with E-state index in [1.54, 1.807) is 14.7 Å². The zero-order valence-electron chi connectivity index (χ0n) is 35.4. The van der Waals surface area contributed by atoms with Crippen LogP contribution >= 0.6 is 11.6 Å². The standard InChI is InChI=1S/C44H59ClF3N7O7/c1-2-3-4-7-26-61-39(57)11-10-38(56)52-17-13-32(14-18-52)51-22-24-53(25-23-51)41(58)37(29-30-27-34(44(46,47)48)40(49)35(45)28-30)62-43(60)54-19-15-33(16-20-54)55-21-12-31-8-5-6-9-36(31)50-42(55)59/h5-6,8-9,27-28,32-33,37H,2-4,7,10-26,29,49H2,1H3,(H,50,59)/t37-/m1/s1. The number of nitrogens with zero attached hydrogens (tertiary/aromatic N) is 5. The number of alkyl halides is 3. The van der Waals surface area contributed by atoms with Gasteiger partial charge >= 0.3 is 24.3 Å². The van der Waals surface area contributed by atoms with Gasteiger partial charge in [0.25, 0.3) is 5.91 Å². The lowest BCUT2D eigenvalue weighted by atomic mass is 10.0. The molecule has 3 N–H and O–H groups in total. The first-order valence-electron chi connectivity index (χ1n) is 21.9. The quantitative estimate of drug-likeness (QED) is 0.122. The second-order valence-corrected chi connectivity index (χ2v) is 17.0. The molecule has 0 saturated carbocycles. The Bertz CT molecular complexity index is 1900. The van der Waals surface area contributed by atoms with E-state index in [-0.39, 0.29) is 72.9 Å². The fourth-order valence-electron chi connectivity index (χ4n) is 8.86. The van der Waals surface area contributed by atoms with E-state index in [0.29, 0.717) is 71.7 Å². The van der Waals surface area contributed by atoms with Crippen LogP contribution in [0.3, 0.4) is 0 Å². The number of likely N-dealkylation sites (tertiary alicyclic amines) is 2. The number of esters is 1. The largest absolute Gasteiger partial charge is 0.466 e. The highest BCUT2D eigenvalue weighted by molar-refractivity contribution is 6.33. The maximum atomic E-state index is 14.2. The molecule has 4 aliphatic heterocycles. The van der Waals surface area contributed by atoms with Gasteiger partial charge in [-0.25, -0.2) is 9.59 Å². The van der Waals surface area contributed by atoms with Crippen LogP contribution in [0.2, 0.25) is 5.02 Å². The van der Waals surface area contributed by atoms with Gasteiger partial charge in [-0.15, -0.1) is 0 Å². The first-order valence-corrected chi connectivity index (χ1v) is 22.3. The second-order valence-electron chi connectivity index (χ2n) is 16.6. The maximum Gasteiger partial charge on any atom is 0.418 e. The predicted octanol–water partition coefficient (Wildman–Crippen LogP) is 6.58. The van der Waals surface area contributed by atoms with Crippen molar-refractivity contribution >= 4 is 52.9 Å². The van der Waals surface area contributed by atoms with Gasteiger partial charge < -0.3 is 40.1 Å². The van der Waals surface area contributed by atoms with Gasteiger partial charge in [-0.3, -0.25) is 19.3 Å². The summed E-state index contributed by atoms with van der Waals surface area (Å²) in [4.78, 5) is 74.9. The number of carbonyl (C=O) groups excluding carboxylic acids is 5. The van der Waals surface area contributed by atoms with Gasteiger partial charge in [0.1, 0.15) is 0 Å². The number of carbonyl (C=O) groups is 5. The Morgan fingerprint density at radius 3 is 2.23 bits per heavy atom. The number of hydrogen-bond acceptors (Lipinski definition) is 9. The summed E-state index contributed by atoms with van der Waals surface area (Å²) in [5.41, 5.74) is 5.77. The van der Waals surface area contributed by atoms with Crippen molar-refractivity contribution in [2.24, 2.45) is 0 Å². The molecule has 340 valence electrons. The highest BCUT2D eigenvalue weighted by Crippen LogP contribution is 2.38. The minimum atomic E-state index is -4.81.